The molecule has 0 aliphatic rings. The molecule has 0 radical (unpaired) electrons. The maximum Gasteiger partial charge on any atom is 0.180 e. The summed E-state index contributed by atoms with van der Waals surface area (Å²) < 4.78 is 1.64. The van der Waals surface area contributed by atoms with Gasteiger partial charge < -0.3 is 11.1 Å². The molecule has 0 fully saturated rings. The van der Waals surface area contributed by atoms with E-state index in [1.54, 1.807) is 4.52 Å². The number of aromatic nitrogens is 4. The van der Waals surface area contributed by atoms with Gasteiger partial charge in [0.25, 0.3) is 0 Å². The van der Waals surface area contributed by atoms with Crippen LogP contribution in [0.1, 0.15) is 17.0 Å². The van der Waals surface area contributed by atoms with Gasteiger partial charge in [-0.25, -0.2) is 9.97 Å². The van der Waals surface area contributed by atoms with Crippen LogP contribution in [0.5, 0.6) is 0 Å². The van der Waals surface area contributed by atoms with E-state index in [-0.39, 0.29) is 0 Å². The zero-order valence-corrected chi connectivity index (χ0v) is 12.2. The van der Waals surface area contributed by atoms with E-state index < -0.39 is 0 Å². The number of nitrogens with zero attached hydrogens (tertiary/aromatic N) is 5. The average molecular weight is 299 g/mol. The van der Waals surface area contributed by atoms with Gasteiger partial charge in [-0.15, -0.1) is 11.3 Å². The third kappa shape index (κ3) is 2.64. The summed E-state index contributed by atoms with van der Waals surface area (Å²) in [5.41, 5.74) is 8.44. The van der Waals surface area contributed by atoms with Crippen LogP contribution in [-0.4, -0.2) is 26.1 Å². The van der Waals surface area contributed by atoms with Gasteiger partial charge >= 0.3 is 0 Å². The average Bonchev–Trinajstić information content (AvgIpc) is 3.04. The van der Waals surface area contributed by atoms with Crippen LogP contribution >= 0.6 is 11.3 Å². The van der Waals surface area contributed by atoms with Crippen LogP contribution in [-0.2, 0) is 6.42 Å². The molecule has 0 spiro atoms. The highest BCUT2D eigenvalue weighted by Crippen LogP contribution is 2.16. The Hall–Kier alpha value is -2.66. The van der Waals surface area contributed by atoms with Crippen LogP contribution in [0.4, 0.5) is 10.9 Å². The molecule has 0 saturated carbocycles. The summed E-state index contributed by atoms with van der Waals surface area (Å²) in [6, 6.07) is 3.99. The molecular formula is C13H13N7S. The zero-order chi connectivity index (χ0) is 14.8. The predicted octanol–water partition coefficient (Wildman–Crippen LogP) is 1.60. The van der Waals surface area contributed by atoms with E-state index >= 15 is 0 Å². The fraction of sp³-hybridized carbons (Fsp3) is 0.231. The standard InChI is InChI=1S/C13H13N7S/c1-8-4-11(16-3-2-10-7-21-13(15)19-10)20-12(18-8)9(5-14)6-17-20/h4,6-7,16H,2-3H2,1H3,(H2,15,19). The maximum atomic E-state index is 9.05. The van der Waals surface area contributed by atoms with Crippen molar-refractivity contribution in [3.05, 3.63) is 34.6 Å². The highest BCUT2D eigenvalue weighted by atomic mass is 32.1. The Bertz CT molecular complexity index is 827. The van der Waals surface area contributed by atoms with E-state index in [9.17, 15) is 0 Å². The second-order valence-corrected chi connectivity index (χ2v) is 5.43. The Morgan fingerprint density at radius 1 is 1.48 bits per heavy atom. The second-order valence-electron chi connectivity index (χ2n) is 4.54. The summed E-state index contributed by atoms with van der Waals surface area (Å²) in [5.74, 6) is 0.808. The Labute approximate surface area is 125 Å². The molecular weight excluding hydrogens is 286 g/mol. The molecule has 0 amide bonds. The van der Waals surface area contributed by atoms with Gasteiger partial charge in [0.05, 0.1) is 11.9 Å². The molecule has 0 aliphatic heterocycles. The van der Waals surface area contributed by atoms with Crippen LogP contribution in [0, 0.1) is 18.3 Å². The first-order chi connectivity index (χ1) is 10.2. The zero-order valence-electron chi connectivity index (χ0n) is 11.4. The van der Waals surface area contributed by atoms with Crippen molar-refractivity contribution in [2.24, 2.45) is 0 Å². The van der Waals surface area contributed by atoms with Crippen molar-refractivity contribution in [1.82, 2.24) is 19.6 Å². The number of hydrogen-bond donors (Lipinski definition) is 2. The number of nitrogens with two attached hydrogens (primary N) is 1. The molecule has 8 heteroatoms. The lowest BCUT2D eigenvalue weighted by Crippen LogP contribution is -2.10. The van der Waals surface area contributed by atoms with Crippen molar-refractivity contribution in [3.8, 4) is 6.07 Å². The van der Waals surface area contributed by atoms with Crippen LogP contribution in [0.3, 0.4) is 0 Å². The van der Waals surface area contributed by atoms with E-state index in [0.29, 0.717) is 22.9 Å². The summed E-state index contributed by atoms with van der Waals surface area (Å²) in [4.78, 5) is 8.57. The second kappa shape index (κ2) is 5.38. The van der Waals surface area contributed by atoms with Gasteiger partial charge in [0.1, 0.15) is 17.5 Å². The normalized spacial score (nSPS) is 10.7. The van der Waals surface area contributed by atoms with Crippen molar-refractivity contribution in [2.75, 3.05) is 17.6 Å². The van der Waals surface area contributed by atoms with Crippen molar-refractivity contribution in [2.45, 2.75) is 13.3 Å². The lowest BCUT2D eigenvalue weighted by atomic mass is 10.3. The van der Waals surface area contributed by atoms with Crippen LogP contribution < -0.4 is 11.1 Å². The molecule has 3 rings (SSSR count). The minimum Gasteiger partial charge on any atom is -0.375 e. The Morgan fingerprint density at radius 3 is 3.05 bits per heavy atom. The first-order valence-electron chi connectivity index (χ1n) is 6.36. The van der Waals surface area contributed by atoms with Gasteiger partial charge in [-0.2, -0.15) is 14.9 Å². The third-order valence-corrected chi connectivity index (χ3v) is 3.70. The van der Waals surface area contributed by atoms with Crippen molar-refractivity contribution in [1.29, 1.82) is 5.26 Å². The highest BCUT2D eigenvalue weighted by Gasteiger charge is 2.09. The van der Waals surface area contributed by atoms with E-state index in [0.717, 1.165) is 23.6 Å². The number of nitrogens with one attached hydrogen (secondary N) is 1. The minimum absolute atomic E-state index is 0.467. The maximum absolute atomic E-state index is 9.05. The summed E-state index contributed by atoms with van der Waals surface area (Å²) >= 11 is 1.44. The first kappa shape index (κ1) is 13.3. The fourth-order valence-electron chi connectivity index (χ4n) is 2.05. The number of anilines is 2. The van der Waals surface area contributed by atoms with Crippen molar-refractivity contribution < 1.29 is 0 Å². The van der Waals surface area contributed by atoms with Gasteiger partial charge in [0.2, 0.25) is 0 Å². The molecule has 21 heavy (non-hydrogen) atoms. The van der Waals surface area contributed by atoms with E-state index in [1.165, 1.54) is 17.5 Å². The van der Waals surface area contributed by atoms with Gasteiger partial charge in [-0.1, -0.05) is 0 Å². The Morgan fingerprint density at radius 2 is 2.33 bits per heavy atom. The minimum atomic E-state index is 0.467. The molecule has 0 saturated heterocycles. The molecule has 0 unspecified atom stereocenters. The number of aryl methyl sites for hydroxylation is 1. The molecule has 7 nitrogen and oxygen atoms in total. The quantitative estimate of drug-likeness (QED) is 0.758. The number of hydrogen-bond acceptors (Lipinski definition) is 7. The number of rotatable bonds is 4. The summed E-state index contributed by atoms with van der Waals surface area (Å²) in [5, 5.41) is 19.1. The predicted molar refractivity (Wildman–Crippen MR) is 81.2 cm³/mol. The van der Waals surface area contributed by atoms with Crippen LogP contribution in [0.25, 0.3) is 5.65 Å². The lowest BCUT2D eigenvalue weighted by Gasteiger charge is -2.08. The van der Waals surface area contributed by atoms with Crippen LogP contribution in [0.2, 0.25) is 0 Å². The summed E-state index contributed by atoms with van der Waals surface area (Å²) in [7, 11) is 0. The number of nitriles is 1. The Balaban J connectivity index is 1.80. The van der Waals surface area contributed by atoms with Gasteiger partial charge in [0, 0.05) is 30.1 Å². The van der Waals surface area contributed by atoms with E-state index in [1.807, 2.05) is 18.4 Å². The fourth-order valence-corrected chi connectivity index (χ4v) is 2.64. The van der Waals surface area contributed by atoms with E-state index in [2.05, 4.69) is 26.5 Å². The van der Waals surface area contributed by atoms with E-state index in [4.69, 9.17) is 11.0 Å². The SMILES string of the molecule is Cc1cc(NCCc2csc(N)n2)n2ncc(C#N)c2n1. The van der Waals surface area contributed by atoms with Gasteiger partial charge in [-0.3, -0.25) is 0 Å². The number of fused-ring (bicyclic) bond motifs is 1. The summed E-state index contributed by atoms with van der Waals surface area (Å²) in [6.45, 7) is 2.59. The highest BCUT2D eigenvalue weighted by molar-refractivity contribution is 7.13. The molecule has 0 bridgehead atoms. The Kier molecular flexibility index (Phi) is 3.41. The molecule has 3 aromatic heterocycles. The third-order valence-electron chi connectivity index (χ3n) is 2.98. The van der Waals surface area contributed by atoms with Crippen molar-refractivity contribution in [3.63, 3.8) is 0 Å². The topological polar surface area (TPSA) is 105 Å². The molecule has 106 valence electrons. The monoisotopic (exact) mass is 299 g/mol. The summed E-state index contributed by atoms with van der Waals surface area (Å²) in [6.07, 6.45) is 2.29. The molecule has 0 aliphatic carbocycles. The molecule has 3 aromatic rings. The molecule has 0 aromatic carbocycles. The molecule has 0 atom stereocenters. The largest absolute Gasteiger partial charge is 0.375 e. The molecule has 3 N–H and O–H groups in total. The molecule has 3 heterocycles. The first-order valence-corrected chi connectivity index (χ1v) is 7.24. The smallest absolute Gasteiger partial charge is 0.180 e. The van der Waals surface area contributed by atoms with Crippen molar-refractivity contribution >= 4 is 27.9 Å². The van der Waals surface area contributed by atoms with Crippen LogP contribution in [0.15, 0.2) is 17.6 Å². The van der Waals surface area contributed by atoms with Gasteiger partial charge in [0.15, 0.2) is 10.8 Å². The lowest BCUT2D eigenvalue weighted by molar-refractivity contribution is 0.899. The van der Waals surface area contributed by atoms with Gasteiger partial charge in [-0.05, 0) is 6.92 Å². The number of thiazole rings is 1. The number of nitrogen functional groups attached to an aromatic ring is 1.